The Bertz CT molecular complexity index is 1230. The summed E-state index contributed by atoms with van der Waals surface area (Å²) in [5.74, 6) is 0.0747. The zero-order chi connectivity index (χ0) is 20.5. The second kappa shape index (κ2) is 7.61. The molecule has 0 fully saturated rings. The Morgan fingerprint density at radius 3 is 2.77 bits per heavy atom. The molecule has 5 rings (SSSR count). The molecule has 3 aromatic carbocycles. The molecule has 0 radical (unpaired) electrons. The van der Waals surface area contributed by atoms with Crippen molar-refractivity contribution in [3.63, 3.8) is 0 Å². The SMILES string of the molecule is O=C1COc2ccc(C(=O)Nc3ccc(Cc4nc5ccccc5s4)cc3)cc2N1. The normalized spacial score (nSPS) is 12.7. The summed E-state index contributed by atoms with van der Waals surface area (Å²) >= 11 is 1.69. The molecule has 0 saturated carbocycles. The minimum Gasteiger partial charge on any atom is -0.482 e. The monoisotopic (exact) mass is 415 g/mol. The van der Waals surface area contributed by atoms with Gasteiger partial charge in [0.25, 0.3) is 11.8 Å². The third-order valence-electron chi connectivity index (χ3n) is 4.78. The second-order valence-corrected chi connectivity index (χ2v) is 8.07. The van der Waals surface area contributed by atoms with Gasteiger partial charge in [-0.05, 0) is 48.0 Å². The number of hydrogen-bond acceptors (Lipinski definition) is 5. The van der Waals surface area contributed by atoms with E-state index >= 15 is 0 Å². The fourth-order valence-electron chi connectivity index (χ4n) is 3.30. The standard InChI is InChI=1S/C23H17N3O3S/c27-21-13-29-19-10-7-15(12-18(19)25-21)23(28)24-16-8-5-14(6-9-16)11-22-26-17-3-1-2-4-20(17)30-22/h1-10,12H,11,13H2,(H,24,28)(H,25,27). The number of ether oxygens (including phenoxy) is 1. The number of thiazole rings is 1. The Morgan fingerprint density at radius 1 is 1.10 bits per heavy atom. The van der Waals surface area contributed by atoms with Crippen molar-refractivity contribution in [1.82, 2.24) is 4.98 Å². The van der Waals surface area contributed by atoms with Crippen molar-refractivity contribution in [1.29, 1.82) is 0 Å². The maximum absolute atomic E-state index is 12.6. The molecule has 0 bridgehead atoms. The van der Waals surface area contributed by atoms with Crippen LogP contribution in [0, 0.1) is 0 Å². The van der Waals surface area contributed by atoms with E-state index in [1.807, 2.05) is 42.5 Å². The van der Waals surface area contributed by atoms with Crippen LogP contribution in [0.4, 0.5) is 11.4 Å². The number of hydrogen-bond donors (Lipinski definition) is 2. The van der Waals surface area contributed by atoms with Gasteiger partial charge < -0.3 is 15.4 Å². The van der Waals surface area contributed by atoms with E-state index < -0.39 is 0 Å². The molecule has 1 aliphatic rings. The first-order valence-corrected chi connectivity index (χ1v) is 10.3. The van der Waals surface area contributed by atoms with Crippen molar-refractivity contribution in [2.45, 2.75) is 6.42 Å². The molecule has 0 atom stereocenters. The van der Waals surface area contributed by atoms with Gasteiger partial charge in [0.1, 0.15) is 5.75 Å². The van der Waals surface area contributed by atoms with Crippen LogP contribution in [-0.4, -0.2) is 23.4 Å². The molecule has 30 heavy (non-hydrogen) atoms. The number of nitrogens with zero attached hydrogens (tertiary/aromatic N) is 1. The molecule has 2 N–H and O–H groups in total. The van der Waals surface area contributed by atoms with Gasteiger partial charge >= 0.3 is 0 Å². The molecule has 2 amide bonds. The highest BCUT2D eigenvalue weighted by molar-refractivity contribution is 7.18. The van der Waals surface area contributed by atoms with E-state index in [9.17, 15) is 9.59 Å². The van der Waals surface area contributed by atoms with Crippen molar-refractivity contribution in [2.24, 2.45) is 0 Å². The van der Waals surface area contributed by atoms with E-state index in [2.05, 4.69) is 21.7 Å². The number of anilines is 2. The van der Waals surface area contributed by atoms with Gasteiger partial charge in [-0.15, -0.1) is 11.3 Å². The van der Waals surface area contributed by atoms with Crippen molar-refractivity contribution in [2.75, 3.05) is 17.2 Å². The highest BCUT2D eigenvalue weighted by atomic mass is 32.1. The number of rotatable bonds is 4. The van der Waals surface area contributed by atoms with Crippen molar-refractivity contribution < 1.29 is 14.3 Å². The van der Waals surface area contributed by atoms with Gasteiger partial charge in [0.05, 0.1) is 20.9 Å². The molecule has 7 heteroatoms. The number of para-hydroxylation sites is 1. The van der Waals surface area contributed by atoms with Gasteiger partial charge in [0, 0.05) is 17.7 Å². The molecule has 0 saturated heterocycles. The third-order valence-corrected chi connectivity index (χ3v) is 5.82. The molecule has 148 valence electrons. The molecular formula is C23H17N3O3S. The fraction of sp³-hybridized carbons (Fsp3) is 0.0870. The van der Waals surface area contributed by atoms with Crippen LogP contribution >= 0.6 is 11.3 Å². The van der Waals surface area contributed by atoms with E-state index in [-0.39, 0.29) is 18.4 Å². The van der Waals surface area contributed by atoms with E-state index in [1.165, 1.54) is 4.70 Å². The summed E-state index contributed by atoms with van der Waals surface area (Å²) < 4.78 is 6.51. The highest BCUT2D eigenvalue weighted by Crippen LogP contribution is 2.29. The lowest BCUT2D eigenvalue weighted by molar-refractivity contribution is -0.118. The van der Waals surface area contributed by atoms with Crippen LogP contribution in [0.15, 0.2) is 66.7 Å². The molecule has 1 aromatic heterocycles. The largest absolute Gasteiger partial charge is 0.482 e. The van der Waals surface area contributed by atoms with Gasteiger partial charge in [0.2, 0.25) is 0 Å². The van der Waals surface area contributed by atoms with E-state index in [1.54, 1.807) is 29.5 Å². The topological polar surface area (TPSA) is 80.3 Å². The lowest BCUT2D eigenvalue weighted by Gasteiger charge is -2.18. The number of benzene rings is 3. The fourth-order valence-corrected chi connectivity index (χ4v) is 4.31. The Kier molecular flexibility index (Phi) is 4.65. The van der Waals surface area contributed by atoms with Gasteiger partial charge in [-0.1, -0.05) is 24.3 Å². The maximum atomic E-state index is 12.6. The van der Waals surface area contributed by atoms with Crippen molar-refractivity contribution in [3.8, 4) is 5.75 Å². The molecule has 2 heterocycles. The lowest BCUT2D eigenvalue weighted by Crippen LogP contribution is -2.25. The molecule has 6 nitrogen and oxygen atoms in total. The number of nitrogens with one attached hydrogen (secondary N) is 2. The summed E-state index contributed by atoms with van der Waals surface area (Å²) in [5, 5.41) is 6.66. The Labute approximate surface area is 176 Å². The number of fused-ring (bicyclic) bond motifs is 2. The summed E-state index contributed by atoms with van der Waals surface area (Å²) in [4.78, 5) is 28.7. The van der Waals surface area contributed by atoms with Gasteiger partial charge in [-0.25, -0.2) is 4.98 Å². The number of amides is 2. The molecule has 4 aromatic rings. The predicted octanol–water partition coefficient (Wildman–Crippen LogP) is 4.47. The highest BCUT2D eigenvalue weighted by Gasteiger charge is 2.18. The van der Waals surface area contributed by atoms with E-state index in [0.717, 1.165) is 22.5 Å². The molecule has 0 aliphatic carbocycles. The Balaban J connectivity index is 1.27. The van der Waals surface area contributed by atoms with Crippen LogP contribution in [0.25, 0.3) is 10.2 Å². The molecule has 0 spiro atoms. The average molecular weight is 415 g/mol. The first kappa shape index (κ1) is 18.3. The lowest BCUT2D eigenvalue weighted by atomic mass is 10.1. The third kappa shape index (κ3) is 3.75. The first-order valence-electron chi connectivity index (χ1n) is 9.45. The number of carbonyl (C=O) groups excluding carboxylic acids is 2. The van der Waals surface area contributed by atoms with Crippen molar-refractivity contribution >= 4 is 44.7 Å². The maximum Gasteiger partial charge on any atom is 0.262 e. The molecule has 1 aliphatic heterocycles. The Morgan fingerprint density at radius 2 is 1.93 bits per heavy atom. The minimum atomic E-state index is -0.253. The number of carbonyl (C=O) groups is 2. The quantitative estimate of drug-likeness (QED) is 0.515. The smallest absolute Gasteiger partial charge is 0.262 e. The van der Waals surface area contributed by atoms with E-state index in [4.69, 9.17) is 4.74 Å². The minimum absolute atomic E-state index is 0.0120. The van der Waals surface area contributed by atoms with Crippen LogP contribution in [0.2, 0.25) is 0 Å². The molecular weight excluding hydrogens is 398 g/mol. The van der Waals surface area contributed by atoms with Gasteiger partial charge in [-0.3, -0.25) is 9.59 Å². The summed E-state index contributed by atoms with van der Waals surface area (Å²) in [6.45, 7) is -0.0120. The van der Waals surface area contributed by atoms with Crippen LogP contribution in [-0.2, 0) is 11.2 Å². The summed E-state index contributed by atoms with van der Waals surface area (Å²) in [6.07, 6.45) is 0.748. The first-order chi connectivity index (χ1) is 14.6. The summed E-state index contributed by atoms with van der Waals surface area (Å²) in [7, 11) is 0. The zero-order valence-electron chi connectivity index (χ0n) is 15.8. The zero-order valence-corrected chi connectivity index (χ0v) is 16.7. The van der Waals surface area contributed by atoms with E-state index in [0.29, 0.717) is 22.7 Å². The van der Waals surface area contributed by atoms with Crippen LogP contribution in [0.3, 0.4) is 0 Å². The van der Waals surface area contributed by atoms with Gasteiger partial charge in [0.15, 0.2) is 6.61 Å². The average Bonchev–Trinajstić information content (AvgIpc) is 3.17. The summed E-state index contributed by atoms with van der Waals surface area (Å²) in [5.41, 5.74) is 3.79. The number of aromatic nitrogens is 1. The Hall–Kier alpha value is -3.71. The van der Waals surface area contributed by atoms with Gasteiger partial charge in [-0.2, -0.15) is 0 Å². The summed E-state index contributed by atoms with van der Waals surface area (Å²) in [6, 6.07) is 20.8. The predicted molar refractivity (Wildman–Crippen MR) is 117 cm³/mol. The van der Waals surface area contributed by atoms with Crippen LogP contribution < -0.4 is 15.4 Å². The second-order valence-electron chi connectivity index (χ2n) is 6.95. The van der Waals surface area contributed by atoms with Crippen LogP contribution in [0.5, 0.6) is 5.75 Å². The molecule has 0 unspecified atom stereocenters. The van der Waals surface area contributed by atoms with Crippen LogP contribution in [0.1, 0.15) is 20.9 Å². The van der Waals surface area contributed by atoms with Crippen molar-refractivity contribution in [3.05, 3.63) is 82.9 Å².